The Bertz CT molecular complexity index is 676. The third-order valence-electron chi connectivity index (χ3n) is 4.38. The summed E-state index contributed by atoms with van der Waals surface area (Å²) in [5.41, 5.74) is 1.46. The molecule has 0 heterocycles. The molecule has 124 valence electrons. The number of rotatable bonds is 4. The van der Waals surface area contributed by atoms with Gasteiger partial charge in [0.05, 0.1) is 12.1 Å². The van der Waals surface area contributed by atoms with Gasteiger partial charge in [-0.15, -0.1) is 0 Å². The molecule has 2 aromatic carbocycles. The van der Waals surface area contributed by atoms with Crippen molar-refractivity contribution in [2.45, 2.75) is 37.8 Å². The molecule has 4 heteroatoms. The zero-order valence-electron chi connectivity index (χ0n) is 13.5. The molecule has 4 nitrogen and oxygen atoms in total. The van der Waals surface area contributed by atoms with E-state index in [1.54, 1.807) is 36.7 Å². The van der Waals surface area contributed by atoms with Gasteiger partial charge in [-0.05, 0) is 37.1 Å². The van der Waals surface area contributed by atoms with Crippen molar-refractivity contribution in [1.82, 2.24) is 0 Å². The molecule has 2 N–H and O–H groups in total. The predicted molar refractivity (Wildman–Crippen MR) is 97.4 cm³/mol. The minimum Gasteiger partial charge on any atom is -0.507 e. The molecule has 1 saturated carbocycles. The van der Waals surface area contributed by atoms with E-state index in [4.69, 9.17) is 0 Å². The number of benzene rings is 2. The minimum absolute atomic E-state index is 0.112. The lowest BCUT2D eigenvalue weighted by Crippen LogP contribution is -2.27. The first kappa shape index (κ1) is 16.2. The molecule has 0 aromatic heterocycles. The normalized spacial score (nSPS) is 21.5. The SMILES string of the molecule is Oc1ccccc1C=N[C@H]1CCCC[C@H]1N=Cc1ccccc1O. The smallest absolute Gasteiger partial charge is 0.124 e. The fourth-order valence-electron chi connectivity index (χ4n) is 2.98. The Hall–Kier alpha value is -2.62. The Morgan fingerprint density at radius 1 is 0.708 bits per heavy atom. The number of phenolic OH excluding ortho intramolecular Hbond substituents is 2. The second-order valence-corrected chi connectivity index (χ2v) is 6.09. The highest BCUT2D eigenvalue weighted by Gasteiger charge is 2.23. The standard InChI is InChI=1S/C20H22N2O2/c23-19-11-5-1-7-15(19)13-21-17-9-3-4-10-18(17)22-14-16-8-2-6-12-20(16)24/h1-2,5-8,11-14,17-18,23-24H,3-4,9-10H2/t17-,18+. The van der Waals surface area contributed by atoms with Crippen LogP contribution >= 0.6 is 0 Å². The maximum atomic E-state index is 9.84. The van der Waals surface area contributed by atoms with Crippen LogP contribution in [0.2, 0.25) is 0 Å². The minimum atomic E-state index is 0.112. The highest BCUT2D eigenvalue weighted by molar-refractivity contribution is 5.84. The van der Waals surface area contributed by atoms with Crippen LogP contribution < -0.4 is 0 Å². The van der Waals surface area contributed by atoms with Crippen LogP contribution in [0.5, 0.6) is 11.5 Å². The number of aromatic hydroxyl groups is 2. The lowest BCUT2D eigenvalue weighted by molar-refractivity contribution is 0.390. The van der Waals surface area contributed by atoms with Crippen LogP contribution in [0.4, 0.5) is 0 Å². The van der Waals surface area contributed by atoms with Crippen LogP contribution in [-0.4, -0.2) is 34.7 Å². The molecule has 0 radical (unpaired) electrons. The molecule has 2 aromatic rings. The van der Waals surface area contributed by atoms with Gasteiger partial charge in [0.1, 0.15) is 11.5 Å². The number of phenols is 2. The van der Waals surface area contributed by atoms with Gasteiger partial charge in [-0.3, -0.25) is 9.98 Å². The second-order valence-electron chi connectivity index (χ2n) is 6.09. The van der Waals surface area contributed by atoms with E-state index in [9.17, 15) is 10.2 Å². The monoisotopic (exact) mass is 322 g/mol. The molecular formula is C20H22N2O2. The number of aliphatic imine (C=N–C) groups is 2. The van der Waals surface area contributed by atoms with E-state index in [1.807, 2.05) is 24.3 Å². The quantitative estimate of drug-likeness (QED) is 0.837. The van der Waals surface area contributed by atoms with Crippen molar-refractivity contribution < 1.29 is 10.2 Å². The molecule has 1 aliphatic carbocycles. The zero-order valence-corrected chi connectivity index (χ0v) is 13.5. The molecule has 1 aliphatic rings. The van der Waals surface area contributed by atoms with Crippen molar-refractivity contribution in [3.63, 3.8) is 0 Å². The van der Waals surface area contributed by atoms with Gasteiger partial charge in [-0.25, -0.2) is 0 Å². The fraction of sp³-hybridized carbons (Fsp3) is 0.300. The van der Waals surface area contributed by atoms with Crippen molar-refractivity contribution in [2.24, 2.45) is 9.98 Å². The Morgan fingerprint density at radius 2 is 1.12 bits per heavy atom. The first-order valence-corrected chi connectivity index (χ1v) is 8.36. The Labute approximate surface area is 142 Å². The first-order chi connectivity index (χ1) is 11.7. The number of para-hydroxylation sites is 2. The van der Waals surface area contributed by atoms with E-state index in [2.05, 4.69) is 9.98 Å². The highest BCUT2D eigenvalue weighted by Crippen LogP contribution is 2.25. The van der Waals surface area contributed by atoms with E-state index in [-0.39, 0.29) is 23.6 Å². The zero-order chi connectivity index (χ0) is 16.8. The molecule has 0 bridgehead atoms. The van der Waals surface area contributed by atoms with Gasteiger partial charge in [0.15, 0.2) is 0 Å². The Kier molecular flexibility index (Phi) is 5.26. The lowest BCUT2D eigenvalue weighted by atomic mass is 9.91. The predicted octanol–water partition coefficient (Wildman–Crippen LogP) is 3.95. The molecule has 1 fully saturated rings. The summed E-state index contributed by atoms with van der Waals surface area (Å²) < 4.78 is 0. The Balaban J connectivity index is 1.74. The van der Waals surface area contributed by atoms with Crippen molar-refractivity contribution >= 4 is 12.4 Å². The summed E-state index contributed by atoms with van der Waals surface area (Å²) in [7, 11) is 0. The third kappa shape index (κ3) is 4.02. The van der Waals surface area contributed by atoms with Gasteiger partial charge in [0.2, 0.25) is 0 Å². The summed E-state index contributed by atoms with van der Waals surface area (Å²) in [5.74, 6) is 0.484. The van der Waals surface area contributed by atoms with E-state index in [0.29, 0.717) is 0 Å². The highest BCUT2D eigenvalue weighted by atomic mass is 16.3. The summed E-state index contributed by atoms with van der Waals surface area (Å²) >= 11 is 0. The molecule has 3 rings (SSSR count). The van der Waals surface area contributed by atoms with E-state index < -0.39 is 0 Å². The summed E-state index contributed by atoms with van der Waals surface area (Å²) in [6.45, 7) is 0. The first-order valence-electron chi connectivity index (χ1n) is 8.36. The average Bonchev–Trinajstić information content (AvgIpc) is 2.61. The fourth-order valence-corrected chi connectivity index (χ4v) is 2.98. The van der Waals surface area contributed by atoms with Crippen LogP contribution in [0.15, 0.2) is 58.5 Å². The van der Waals surface area contributed by atoms with Gasteiger partial charge in [0.25, 0.3) is 0 Å². The maximum Gasteiger partial charge on any atom is 0.124 e. The topological polar surface area (TPSA) is 65.2 Å². The average molecular weight is 322 g/mol. The third-order valence-corrected chi connectivity index (χ3v) is 4.38. The summed E-state index contributed by atoms with van der Waals surface area (Å²) in [5, 5.41) is 19.7. The van der Waals surface area contributed by atoms with Crippen LogP contribution in [0.25, 0.3) is 0 Å². The molecule has 0 amide bonds. The van der Waals surface area contributed by atoms with Crippen molar-refractivity contribution in [2.75, 3.05) is 0 Å². The van der Waals surface area contributed by atoms with Crippen LogP contribution in [-0.2, 0) is 0 Å². The number of hydrogen-bond donors (Lipinski definition) is 2. The van der Waals surface area contributed by atoms with E-state index in [0.717, 1.165) is 36.8 Å². The lowest BCUT2D eigenvalue weighted by Gasteiger charge is -2.25. The van der Waals surface area contributed by atoms with Crippen LogP contribution in [0.1, 0.15) is 36.8 Å². The van der Waals surface area contributed by atoms with Crippen LogP contribution in [0.3, 0.4) is 0 Å². The molecule has 2 atom stereocenters. The molecule has 0 saturated heterocycles. The number of hydrogen-bond acceptors (Lipinski definition) is 4. The molecule has 24 heavy (non-hydrogen) atoms. The van der Waals surface area contributed by atoms with Crippen molar-refractivity contribution in [3.8, 4) is 11.5 Å². The molecule has 0 aliphatic heterocycles. The largest absolute Gasteiger partial charge is 0.507 e. The van der Waals surface area contributed by atoms with Crippen LogP contribution in [0, 0.1) is 0 Å². The van der Waals surface area contributed by atoms with Gasteiger partial charge in [-0.1, -0.05) is 37.1 Å². The van der Waals surface area contributed by atoms with Gasteiger partial charge in [-0.2, -0.15) is 0 Å². The van der Waals surface area contributed by atoms with E-state index in [1.165, 1.54) is 0 Å². The van der Waals surface area contributed by atoms with Gasteiger partial charge in [0, 0.05) is 23.6 Å². The van der Waals surface area contributed by atoms with Crippen molar-refractivity contribution in [1.29, 1.82) is 0 Å². The molecule has 0 spiro atoms. The summed E-state index contributed by atoms with van der Waals surface area (Å²) in [4.78, 5) is 9.34. The molecule has 0 unspecified atom stereocenters. The maximum absolute atomic E-state index is 9.84. The second kappa shape index (κ2) is 7.77. The van der Waals surface area contributed by atoms with Gasteiger partial charge < -0.3 is 10.2 Å². The van der Waals surface area contributed by atoms with Gasteiger partial charge >= 0.3 is 0 Å². The van der Waals surface area contributed by atoms with Crippen molar-refractivity contribution in [3.05, 3.63) is 59.7 Å². The number of nitrogens with zero attached hydrogens (tertiary/aromatic N) is 2. The molecular weight excluding hydrogens is 300 g/mol. The van der Waals surface area contributed by atoms with E-state index >= 15 is 0 Å². The summed E-state index contributed by atoms with van der Waals surface area (Å²) in [6, 6.07) is 14.6. The Morgan fingerprint density at radius 3 is 1.54 bits per heavy atom. The summed E-state index contributed by atoms with van der Waals surface area (Å²) in [6.07, 6.45) is 7.76.